The van der Waals surface area contributed by atoms with Crippen LogP contribution in [0.5, 0.6) is 0 Å². The summed E-state index contributed by atoms with van der Waals surface area (Å²) in [6.07, 6.45) is 0. The zero-order valence-corrected chi connectivity index (χ0v) is 18.5. The number of nitrogens with one attached hydrogen (secondary N) is 1. The first-order valence-electron chi connectivity index (χ1n) is 9.90. The highest BCUT2D eigenvalue weighted by Gasteiger charge is 2.27. The van der Waals surface area contributed by atoms with Crippen LogP contribution in [0.4, 0.5) is 17.1 Å². The molecule has 1 amide bonds. The average Bonchev–Trinajstić information content (AvgIpc) is 2.78. The van der Waals surface area contributed by atoms with Crippen molar-refractivity contribution in [3.05, 3.63) is 94.5 Å². The van der Waals surface area contributed by atoms with Gasteiger partial charge in [-0.05, 0) is 41.8 Å². The highest BCUT2D eigenvalue weighted by atomic mass is 32.2. The number of amides is 1. The maximum atomic E-state index is 13.3. The third-order valence-corrected chi connectivity index (χ3v) is 6.59. The molecule has 0 saturated carbocycles. The Bertz CT molecular complexity index is 1210. The zero-order valence-electron chi connectivity index (χ0n) is 17.6. The number of sulfonamides is 1. The first-order chi connectivity index (χ1) is 15.2. The van der Waals surface area contributed by atoms with Crippen LogP contribution in [0.2, 0.25) is 0 Å². The second-order valence-corrected chi connectivity index (χ2v) is 9.29. The van der Waals surface area contributed by atoms with Crippen LogP contribution in [0.25, 0.3) is 0 Å². The first-order valence-corrected chi connectivity index (χ1v) is 11.3. The molecular weight excluding hydrogens is 430 g/mol. The van der Waals surface area contributed by atoms with Crippen molar-refractivity contribution in [1.29, 1.82) is 0 Å². The largest absolute Gasteiger partial charge is 0.324 e. The monoisotopic (exact) mass is 453 g/mol. The van der Waals surface area contributed by atoms with Crippen molar-refractivity contribution in [1.82, 2.24) is 0 Å². The Balaban J connectivity index is 1.93. The topological polar surface area (TPSA) is 110 Å². The van der Waals surface area contributed by atoms with E-state index in [0.29, 0.717) is 5.69 Å². The highest BCUT2D eigenvalue weighted by Crippen LogP contribution is 2.26. The minimum Gasteiger partial charge on any atom is -0.324 e. The van der Waals surface area contributed by atoms with E-state index in [2.05, 4.69) is 5.32 Å². The maximum Gasteiger partial charge on any atom is 0.271 e. The van der Waals surface area contributed by atoms with Gasteiger partial charge in [0.05, 0.1) is 15.5 Å². The minimum absolute atomic E-state index is 0.0519. The van der Waals surface area contributed by atoms with E-state index in [9.17, 15) is 23.3 Å². The number of rotatable bonds is 8. The lowest BCUT2D eigenvalue weighted by atomic mass is 10.0. The SMILES string of the molecule is CC(C)c1ccc(N(CC(=O)Nc2cccc([N+](=O)[O-])c2)S(=O)(=O)c2ccccc2)cc1. The minimum atomic E-state index is -4.03. The van der Waals surface area contributed by atoms with E-state index in [0.717, 1.165) is 9.87 Å². The summed E-state index contributed by atoms with van der Waals surface area (Å²) in [6, 6.07) is 20.3. The summed E-state index contributed by atoms with van der Waals surface area (Å²) in [5, 5.41) is 13.5. The molecule has 9 heteroatoms. The maximum absolute atomic E-state index is 13.3. The van der Waals surface area contributed by atoms with Crippen LogP contribution in [0.15, 0.2) is 83.8 Å². The van der Waals surface area contributed by atoms with Crippen LogP contribution < -0.4 is 9.62 Å². The van der Waals surface area contributed by atoms with Crippen molar-refractivity contribution in [2.24, 2.45) is 0 Å². The van der Waals surface area contributed by atoms with Gasteiger partial charge >= 0.3 is 0 Å². The summed E-state index contributed by atoms with van der Waals surface area (Å²) in [7, 11) is -4.03. The smallest absolute Gasteiger partial charge is 0.271 e. The van der Waals surface area contributed by atoms with Gasteiger partial charge in [0.25, 0.3) is 15.7 Å². The summed E-state index contributed by atoms with van der Waals surface area (Å²) >= 11 is 0. The quantitative estimate of drug-likeness (QED) is 0.397. The summed E-state index contributed by atoms with van der Waals surface area (Å²) in [5.41, 5.74) is 1.40. The first kappa shape index (κ1) is 23.0. The van der Waals surface area contributed by atoms with E-state index in [-0.39, 0.29) is 22.2 Å². The Hall–Kier alpha value is -3.72. The molecule has 0 radical (unpaired) electrons. The standard InChI is InChI=1S/C23H23N3O5S/c1-17(2)18-11-13-20(14-12-18)25(32(30,31)22-9-4-3-5-10-22)16-23(27)24-19-7-6-8-21(15-19)26(28)29/h3-15,17H,16H2,1-2H3,(H,24,27). The fourth-order valence-corrected chi connectivity index (χ4v) is 4.53. The van der Waals surface area contributed by atoms with Gasteiger partial charge in [-0.2, -0.15) is 0 Å². The summed E-state index contributed by atoms with van der Waals surface area (Å²) in [6.45, 7) is 3.56. The number of benzene rings is 3. The molecule has 0 aliphatic heterocycles. The number of hydrogen-bond donors (Lipinski definition) is 1. The lowest BCUT2D eigenvalue weighted by Gasteiger charge is -2.24. The Kier molecular flexibility index (Phi) is 6.89. The lowest BCUT2D eigenvalue weighted by molar-refractivity contribution is -0.384. The number of anilines is 2. The van der Waals surface area contributed by atoms with Crippen molar-refractivity contribution < 1.29 is 18.1 Å². The highest BCUT2D eigenvalue weighted by molar-refractivity contribution is 7.92. The molecule has 0 saturated heterocycles. The molecule has 166 valence electrons. The summed E-state index contributed by atoms with van der Waals surface area (Å²) in [5.74, 6) is -0.363. The van der Waals surface area contributed by atoms with Gasteiger partial charge in [0, 0.05) is 17.8 Å². The van der Waals surface area contributed by atoms with Crippen LogP contribution in [0, 0.1) is 10.1 Å². The van der Waals surface area contributed by atoms with Crippen molar-refractivity contribution in [2.75, 3.05) is 16.2 Å². The molecule has 0 bridgehead atoms. The Morgan fingerprint density at radius 3 is 2.25 bits per heavy atom. The van der Waals surface area contributed by atoms with Gasteiger partial charge < -0.3 is 5.32 Å². The average molecular weight is 454 g/mol. The second-order valence-electron chi connectivity index (χ2n) is 7.43. The molecule has 3 rings (SSSR count). The number of nitro benzene ring substituents is 1. The van der Waals surface area contributed by atoms with Gasteiger partial charge in [0.2, 0.25) is 5.91 Å². The van der Waals surface area contributed by atoms with E-state index in [1.807, 2.05) is 26.0 Å². The lowest BCUT2D eigenvalue weighted by Crippen LogP contribution is -2.38. The van der Waals surface area contributed by atoms with Crippen molar-refractivity contribution in [3.63, 3.8) is 0 Å². The van der Waals surface area contributed by atoms with Crippen LogP contribution in [-0.2, 0) is 14.8 Å². The molecule has 0 aromatic heterocycles. The molecule has 0 aliphatic carbocycles. The molecule has 1 N–H and O–H groups in total. The molecule has 8 nitrogen and oxygen atoms in total. The number of nitro groups is 1. The molecule has 32 heavy (non-hydrogen) atoms. The third kappa shape index (κ3) is 5.30. The fourth-order valence-electron chi connectivity index (χ4n) is 3.09. The number of carbonyl (C=O) groups excluding carboxylic acids is 1. The van der Waals surface area contributed by atoms with Gasteiger partial charge in [0.1, 0.15) is 6.54 Å². The second kappa shape index (κ2) is 9.61. The third-order valence-electron chi connectivity index (χ3n) is 4.81. The Morgan fingerprint density at radius 2 is 1.66 bits per heavy atom. The molecule has 0 heterocycles. The van der Waals surface area contributed by atoms with Crippen molar-refractivity contribution >= 4 is 33.0 Å². The van der Waals surface area contributed by atoms with Gasteiger partial charge in [0.15, 0.2) is 0 Å². The molecule has 0 aliphatic rings. The number of carbonyl (C=O) groups is 1. The molecule has 0 unspecified atom stereocenters. The number of nitrogens with zero attached hydrogens (tertiary/aromatic N) is 2. The van der Waals surface area contributed by atoms with E-state index in [1.165, 1.54) is 36.4 Å². The fraction of sp³-hybridized carbons (Fsp3) is 0.174. The van der Waals surface area contributed by atoms with E-state index >= 15 is 0 Å². The summed E-state index contributed by atoms with van der Waals surface area (Å²) < 4.78 is 27.7. The molecule has 0 spiro atoms. The van der Waals surface area contributed by atoms with Crippen molar-refractivity contribution in [3.8, 4) is 0 Å². The van der Waals surface area contributed by atoms with Gasteiger partial charge in [-0.15, -0.1) is 0 Å². The van der Waals surface area contributed by atoms with E-state index < -0.39 is 27.4 Å². The molecule has 0 fully saturated rings. The molecular formula is C23H23N3O5S. The zero-order chi connectivity index (χ0) is 23.3. The van der Waals surface area contributed by atoms with Crippen LogP contribution in [0.3, 0.4) is 0 Å². The number of hydrogen-bond acceptors (Lipinski definition) is 5. The number of non-ortho nitro benzene ring substituents is 1. The van der Waals surface area contributed by atoms with E-state index in [1.54, 1.807) is 30.3 Å². The molecule has 3 aromatic rings. The Labute approximate surface area is 186 Å². The van der Waals surface area contributed by atoms with Crippen molar-refractivity contribution in [2.45, 2.75) is 24.7 Å². The predicted octanol–water partition coefficient (Wildman–Crippen LogP) is 4.55. The van der Waals surface area contributed by atoms with Gasteiger partial charge in [-0.1, -0.05) is 50.2 Å². The molecule has 0 atom stereocenters. The molecule has 3 aromatic carbocycles. The predicted molar refractivity (Wildman–Crippen MR) is 123 cm³/mol. The Morgan fingerprint density at radius 1 is 1.00 bits per heavy atom. The summed E-state index contributed by atoms with van der Waals surface area (Å²) in [4.78, 5) is 23.2. The van der Waals surface area contributed by atoms with Gasteiger partial charge in [-0.3, -0.25) is 19.2 Å². The van der Waals surface area contributed by atoms with Crippen LogP contribution in [-0.4, -0.2) is 25.8 Å². The normalized spacial score (nSPS) is 11.2. The van der Waals surface area contributed by atoms with Crippen LogP contribution >= 0.6 is 0 Å². The van der Waals surface area contributed by atoms with Gasteiger partial charge in [-0.25, -0.2) is 8.42 Å². The van der Waals surface area contributed by atoms with Crippen LogP contribution in [0.1, 0.15) is 25.3 Å². The van der Waals surface area contributed by atoms with E-state index in [4.69, 9.17) is 0 Å².